The van der Waals surface area contributed by atoms with Crippen molar-refractivity contribution in [1.29, 1.82) is 0 Å². The molecule has 0 aliphatic rings. The quantitative estimate of drug-likeness (QED) is 0.313. The molecular weight excluding hydrogens is 534 g/mol. The van der Waals surface area contributed by atoms with Gasteiger partial charge in [0.15, 0.2) is 9.84 Å². The number of ether oxygens (including phenoxy) is 3. The highest BCUT2D eigenvalue weighted by molar-refractivity contribution is 9.10. The van der Waals surface area contributed by atoms with E-state index in [0.29, 0.717) is 21.5 Å². The average Bonchev–Trinajstić information content (AvgIpc) is 2.85. The molecule has 0 fully saturated rings. The molecule has 0 atom stereocenters. The zero-order chi connectivity index (χ0) is 25.4. The summed E-state index contributed by atoms with van der Waals surface area (Å²) in [6, 6.07) is 16.8. The van der Waals surface area contributed by atoms with E-state index in [2.05, 4.69) is 33.1 Å². The van der Waals surface area contributed by atoms with Gasteiger partial charge in [0.25, 0.3) is 0 Å². The van der Waals surface area contributed by atoms with Gasteiger partial charge < -0.3 is 19.5 Å². The number of nitrogens with one attached hydrogen (secondary N) is 1. The molecule has 0 amide bonds. The van der Waals surface area contributed by atoms with Gasteiger partial charge in [-0.1, -0.05) is 33.8 Å². The standard InChI is InChI=1S/C26H24BrNO6S/c1-18-14-20(27)16-24(26(29)33-3)25(18)28-17-35(30,31)23-11-9-21(10-12-23)34-13-5-7-19-6-4-8-22(15-19)32-2/h4,6,8-12,14-16,28H,13,17H2,1-3H3. The number of hydrogen-bond donors (Lipinski definition) is 1. The van der Waals surface area contributed by atoms with Crippen LogP contribution < -0.4 is 14.8 Å². The van der Waals surface area contributed by atoms with Gasteiger partial charge in [0, 0.05) is 10.0 Å². The summed E-state index contributed by atoms with van der Waals surface area (Å²) >= 11 is 3.34. The highest BCUT2D eigenvalue weighted by atomic mass is 79.9. The molecule has 0 radical (unpaired) electrons. The van der Waals surface area contributed by atoms with E-state index < -0.39 is 21.7 Å². The van der Waals surface area contributed by atoms with Crippen LogP contribution in [0.5, 0.6) is 11.5 Å². The van der Waals surface area contributed by atoms with Crippen LogP contribution in [0.2, 0.25) is 0 Å². The molecule has 3 rings (SSSR count). The largest absolute Gasteiger partial charge is 0.497 e. The van der Waals surface area contributed by atoms with Crippen molar-refractivity contribution in [3.05, 3.63) is 81.8 Å². The SMILES string of the molecule is COC(=O)c1cc(Br)cc(C)c1NCS(=O)(=O)c1ccc(OCC#Cc2cccc(OC)c2)cc1. The van der Waals surface area contributed by atoms with E-state index in [1.165, 1.54) is 19.2 Å². The Morgan fingerprint density at radius 3 is 2.46 bits per heavy atom. The molecule has 0 heterocycles. The summed E-state index contributed by atoms with van der Waals surface area (Å²) in [5.74, 6) is 6.16. The maximum absolute atomic E-state index is 12.9. The molecule has 9 heteroatoms. The second-order valence-electron chi connectivity index (χ2n) is 7.37. The van der Waals surface area contributed by atoms with Gasteiger partial charge >= 0.3 is 5.97 Å². The first-order chi connectivity index (χ1) is 16.7. The Bertz CT molecular complexity index is 1380. The molecular formula is C26H24BrNO6S. The van der Waals surface area contributed by atoms with Crippen molar-refractivity contribution in [1.82, 2.24) is 0 Å². The fourth-order valence-electron chi connectivity index (χ4n) is 3.20. The fraction of sp³-hybridized carbons (Fsp3) is 0.192. The zero-order valence-electron chi connectivity index (χ0n) is 19.4. The van der Waals surface area contributed by atoms with E-state index in [9.17, 15) is 13.2 Å². The molecule has 0 saturated carbocycles. The van der Waals surface area contributed by atoms with Crippen molar-refractivity contribution in [2.24, 2.45) is 0 Å². The second-order valence-corrected chi connectivity index (χ2v) is 10.3. The van der Waals surface area contributed by atoms with Crippen molar-refractivity contribution in [3.8, 4) is 23.3 Å². The van der Waals surface area contributed by atoms with Crippen LogP contribution >= 0.6 is 15.9 Å². The molecule has 0 spiro atoms. The van der Waals surface area contributed by atoms with E-state index >= 15 is 0 Å². The topological polar surface area (TPSA) is 90.9 Å². The molecule has 0 aliphatic heterocycles. The maximum atomic E-state index is 12.9. The van der Waals surface area contributed by atoms with Gasteiger partial charge in [-0.15, -0.1) is 0 Å². The molecule has 0 aliphatic carbocycles. The Kier molecular flexibility index (Phi) is 8.79. The van der Waals surface area contributed by atoms with Crippen LogP contribution in [-0.2, 0) is 14.6 Å². The molecule has 3 aromatic rings. The van der Waals surface area contributed by atoms with Gasteiger partial charge in [0.05, 0.1) is 30.4 Å². The highest BCUT2D eigenvalue weighted by Gasteiger charge is 2.19. The van der Waals surface area contributed by atoms with Crippen molar-refractivity contribution < 1.29 is 27.4 Å². The minimum atomic E-state index is -3.69. The summed E-state index contributed by atoms with van der Waals surface area (Å²) in [6.07, 6.45) is 0. The first-order valence-electron chi connectivity index (χ1n) is 10.4. The van der Waals surface area contributed by atoms with E-state index in [1.54, 1.807) is 38.3 Å². The number of hydrogen-bond acceptors (Lipinski definition) is 7. The summed E-state index contributed by atoms with van der Waals surface area (Å²) in [4.78, 5) is 12.2. The average molecular weight is 558 g/mol. The Labute approximate surface area is 213 Å². The third-order valence-corrected chi connectivity index (χ3v) is 6.91. The number of halogens is 1. The highest BCUT2D eigenvalue weighted by Crippen LogP contribution is 2.27. The first-order valence-corrected chi connectivity index (χ1v) is 12.9. The van der Waals surface area contributed by atoms with Gasteiger partial charge in [0.1, 0.15) is 24.0 Å². The van der Waals surface area contributed by atoms with Crippen LogP contribution in [0.25, 0.3) is 0 Å². The molecule has 35 heavy (non-hydrogen) atoms. The smallest absolute Gasteiger partial charge is 0.340 e. The normalized spacial score (nSPS) is 10.6. The Balaban J connectivity index is 1.64. The molecule has 182 valence electrons. The number of benzene rings is 3. The number of rotatable bonds is 8. The summed E-state index contributed by atoms with van der Waals surface area (Å²) in [5.41, 5.74) is 2.15. The number of anilines is 1. The van der Waals surface area contributed by atoms with Crippen LogP contribution in [0.15, 0.2) is 70.0 Å². The Morgan fingerprint density at radius 2 is 1.77 bits per heavy atom. The van der Waals surface area contributed by atoms with E-state index in [-0.39, 0.29) is 17.1 Å². The monoisotopic (exact) mass is 557 g/mol. The molecule has 0 aromatic heterocycles. The van der Waals surface area contributed by atoms with Gasteiger partial charge in [-0.25, -0.2) is 13.2 Å². The fourth-order valence-corrected chi connectivity index (χ4v) is 4.82. The lowest BCUT2D eigenvalue weighted by molar-refractivity contribution is 0.0601. The Hall–Kier alpha value is -3.48. The molecule has 0 bridgehead atoms. The number of aryl methyl sites for hydroxylation is 1. The summed E-state index contributed by atoms with van der Waals surface area (Å²) < 4.78 is 42.0. The summed E-state index contributed by atoms with van der Waals surface area (Å²) in [7, 11) is -0.824. The van der Waals surface area contributed by atoms with E-state index in [0.717, 1.165) is 11.3 Å². The second kappa shape index (κ2) is 11.8. The number of esters is 1. The van der Waals surface area contributed by atoms with Crippen molar-refractivity contribution in [2.75, 3.05) is 32.0 Å². The predicted octanol–water partition coefficient (Wildman–Crippen LogP) is 4.83. The van der Waals surface area contributed by atoms with Gasteiger partial charge in [0.2, 0.25) is 0 Å². The van der Waals surface area contributed by atoms with Crippen LogP contribution in [0.4, 0.5) is 5.69 Å². The van der Waals surface area contributed by atoms with Crippen LogP contribution in [0.3, 0.4) is 0 Å². The minimum absolute atomic E-state index is 0.120. The van der Waals surface area contributed by atoms with Crippen molar-refractivity contribution in [3.63, 3.8) is 0 Å². The van der Waals surface area contributed by atoms with E-state index in [1.807, 2.05) is 24.3 Å². The van der Waals surface area contributed by atoms with E-state index in [4.69, 9.17) is 14.2 Å². The lowest BCUT2D eigenvalue weighted by atomic mass is 10.1. The third kappa shape index (κ3) is 7.01. The maximum Gasteiger partial charge on any atom is 0.340 e. The molecule has 0 saturated heterocycles. The lowest BCUT2D eigenvalue weighted by Gasteiger charge is -2.15. The first kappa shape index (κ1) is 26.1. The van der Waals surface area contributed by atoms with Crippen LogP contribution in [0, 0.1) is 18.8 Å². The molecule has 7 nitrogen and oxygen atoms in total. The van der Waals surface area contributed by atoms with Crippen LogP contribution in [-0.4, -0.2) is 41.1 Å². The zero-order valence-corrected chi connectivity index (χ0v) is 21.8. The molecule has 0 unspecified atom stereocenters. The minimum Gasteiger partial charge on any atom is -0.497 e. The number of carbonyl (C=O) groups is 1. The predicted molar refractivity (Wildman–Crippen MR) is 138 cm³/mol. The van der Waals surface area contributed by atoms with Crippen molar-refractivity contribution >= 4 is 37.4 Å². The van der Waals surface area contributed by atoms with Gasteiger partial charge in [-0.2, -0.15) is 0 Å². The van der Waals surface area contributed by atoms with Crippen LogP contribution in [0.1, 0.15) is 21.5 Å². The van der Waals surface area contributed by atoms with Gasteiger partial charge in [-0.05, 0) is 67.1 Å². The van der Waals surface area contributed by atoms with Gasteiger partial charge in [-0.3, -0.25) is 0 Å². The summed E-state index contributed by atoms with van der Waals surface area (Å²) in [5, 5.41) is 2.87. The Morgan fingerprint density at radius 1 is 1.03 bits per heavy atom. The third-order valence-electron chi connectivity index (χ3n) is 4.94. The number of sulfone groups is 1. The number of methoxy groups -OCH3 is 2. The number of carbonyl (C=O) groups excluding carboxylic acids is 1. The molecule has 1 N–H and O–H groups in total. The summed E-state index contributed by atoms with van der Waals surface area (Å²) in [6.45, 7) is 1.92. The molecule has 3 aromatic carbocycles. The lowest BCUT2D eigenvalue weighted by Crippen LogP contribution is -2.18. The van der Waals surface area contributed by atoms with Crippen molar-refractivity contribution in [2.45, 2.75) is 11.8 Å².